The lowest BCUT2D eigenvalue weighted by Crippen LogP contribution is -2.34. The molecule has 94 valence electrons. The van der Waals surface area contributed by atoms with E-state index in [2.05, 4.69) is 0 Å². The first-order chi connectivity index (χ1) is 7.75. The summed E-state index contributed by atoms with van der Waals surface area (Å²) in [6.07, 6.45) is 0. The minimum Gasteiger partial charge on any atom is -0.392 e. The summed E-state index contributed by atoms with van der Waals surface area (Å²) in [4.78, 5) is 0.416. The molecule has 0 atom stereocenters. The maximum absolute atomic E-state index is 12.1. The van der Waals surface area contributed by atoms with Crippen LogP contribution >= 0.6 is 12.2 Å². The Labute approximate surface area is 107 Å². The Morgan fingerprint density at radius 2 is 1.94 bits per heavy atom. The highest BCUT2D eigenvalue weighted by molar-refractivity contribution is 7.89. The van der Waals surface area contributed by atoms with Gasteiger partial charge in [-0.3, -0.25) is 0 Å². The number of nitrogens with two attached hydrogens (primary N) is 1. The van der Waals surface area contributed by atoms with Crippen LogP contribution in [-0.4, -0.2) is 31.3 Å². The summed E-state index contributed by atoms with van der Waals surface area (Å²) in [6, 6.07) is 5.03. The molecule has 2 N–H and O–H groups in total. The van der Waals surface area contributed by atoms with Gasteiger partial charge in [0.05, 0.1) is 16.4 Å². The third-order valence-corrected chi connectivity index (χ3v) is 4.49. The Hall–Kier alpha value is -0.980. The van der Waals surface area contributed by atoms with E-state index in [1.54, 1.807) is 18.2 Å². The van der Waals surface area contributed by atoms with Crippen LogP contribution in [0.3, 0.4) is 0 Å². The van der Waals surface area contributed by atoms with Gasteiger partial charge in [0, 0.05) is 7.05 Å². The first-order valence-corrected chi connectivity index (χ1v) is 6.92. The van der Waals surface area contributed by atoms with Gasteiger partial charge in [-0.2, -0.15) is 4.31 Å². The van der Waals surface area contributed by atoms with Crippen molar-refractivity contribution in [3.8, 4) is 0 Å². The third kappa shape index (κ3) is 3.24. The number of benzene rings is 1. The number of sulfonamides is 1. The molecule has 4 nitrogen and oxygen atoms in total. The van der Waals surface area contributed by atoms with Crippen LogP contribution in [0.5, 0.6) is 0 Å². The van der Waals surface area contributed by atoms with Crippen molar-refractivity contribution in [2.24, 2.45) is 5.73 Å². The molecule has 0 spiro atoms. The maximum Gasteiger partial charge on any atom is 0.243 e. The van der Waals surface area contributed by atoms with Gasteiger partial charge in [-0.25, -0.2) is 8.42 Å². The number of likely N-dealkylation sites (N-methyl/N-ethyl adjacent to an activating group) is 1. The standard InChI is InChI=1S/C11H16N2O2S2/c1-8-4-5-10(6-9(8)2)17(14,15)13(3)7-11(12)16/h4-6H,7H2,1-3H3,(H2,12,16). The summed E-state index contributed by atoms with van der Waals surface area (Å²) in [7, 11) is -2.05. The highest BCUT2D eigenvalue weighted by atomic mass is 32.2. The van der Waals surface area contributed by atoms with Crippen LogP contribution < -0.4 is 5.73 Å². The molecule has 1 aromatic carbocycles. The Bertz CT molecular complexity index is 538. The monoisotopic (exact) mass is 272 g/mol. The summed E-state index contributed by atoms with van der Waals surface area (Å²) in [6.45, 7) is 3.86. The second-order valence-corrected chi connectivity index (χ2v) is 6.54. The van der Waals surface area contributed by atoms with Crippen LogP contribution in [0.2, 0.25) is 0 Å². The summed E-state index contributed by atoms with van der Waals surface area (Å²) in [5.74, 6) is 0. The number of aryl methyl sites for hydroxylation is 2. The van der Waals surface area contributed by atoms with E-state index in [0.29, 0.717) is 0 Å². The molecule has 0 saturated carbocycles. The molecule has 0 unspecified atom stereocenters. The number of hydrogen-bond donors (Lipinski definition) is 1. The molecule has 0 aliphatic rings. The summed E-state index contributed by atoms with van der Waals surface area (Å²) in [5, 5.41) is 0. The molecule has 6 heteroatoms. The van der Waals surface area contributed by atoms with E-state index in [0.717, 1.165) is 15.4 Å². The van der Waals surface area contributed by atoms with Gasteiger partial charge in [-0.05, 0) is 37.1 Å². The van der Waals surface area contributed by atoms with Gasteiger partial charge < -0.3 is 5.73 Å². The fourth-order valence-corrected chi connectivity index (χ4v) is 2.87. The number of rotatable bonds is 4. The SMILES string of the molecule is Cc1ccc(S(=O)(=O)N(C)CC(N)=S)cc1C. The zero-order valence-electron chi connectivity index (χ0n) is 10.1. The fourth-order valence-electron chi connectivity index (χ4n) is 1.36. The number of thiocarbonyl (C=S) groups is 1. The van der Waals surface area contributed by atoms with Crippen molar-refractivity contribution in [2.45, 2.75) is 18.7 Å². The van der Waals surface area contributed by atoms with Gasteiger partial charge in [-0.1, -0.05) is 18.3 Å². The van der Waals surface area contributed by atoms with Crippen LogP contribution in [0.4, 0.5) is 0 Å². The van der Waals surface area contributed by atoms with Gasteiger partial charge in [-0.15, -0.1) is 0 Å². The van der Waals surface area contributed by atoms with E-state index in [-0.39, 0.29) is 16.4 Å². The van der Waals surface area contributed by atoms with Gasteiger partial charge in [0.25, 0.3) is 0 Å². The molecule has 0 aliphatic heterocycles. The second-order valence-electron chi connectivity index (χ2n) is 3.97. The topological polar surface area (TPSA) is 63.4 Å². The van der Waals surface area contributed by atoms with Crippen molar-refractivity contribution in [2.75, 3.05) is 13.6 Å². The van der Waals surface area contributed by atoms with Crippen LogP contribution in [0.25, 0.3) is 0 Å². The normalized spacial score (nSPS) is 11.8. The Morgan fingerprint density at radius 1 is 1.35 bits per heavy atom. The first kappa shape index (κ1) is 14.1. The molecule has 1 aromatic rings. The molecule has 0 aliphatic carbocycles. The van der Waals surface area contributed by atoms with Crippen molar-refractivity contribution < 1.29 is 8.42 Å². The number of nitrogens with zero attached hydrogens (tertiary/aromatic N) is 1. The largest absolute Gasteiger partial charge is 0.392 e. The molecular weight excluding hydrogens is 256 g/mol. The lowest BCUT2D eigenvalue weighted by Gasteiger charge is -2.17. The van der Waals surface area contributed by atoms with Crippen molar-refractivity contribution >= 4 is 27.2 Å². The third-order valence-electron chi connectivity index (χ3n) is 2.57. The van der Waals surface area contributed by atoms with E-state index >= 15 is 0 Å². The molecule has 0 aromatic heterocycles. The molecular formula is C11H16N2O2S2. The fraction of sp³-hybridized carbons (Fsp3) is 0.364. The van der Waals surface area contributed by atoms with Crippen LogP contribution in [-0.2, 0) is 10.0 Å². The molecule has 0 saturated heterocycles. The highest BCUT2D eigenvalue weighted by Crippen LogP contribution is 2.17. The Morgan fingerprint density at radius 3 is 2.41 bits per heavy atom. The van der Waals surface area contributed by atoms with Crippen LogP contribution in [0.15, 0.2) is 23.1 Å². The smallest absolute Gasteiger partial charge is 0.243 e. The quantitative estimate of drug-likeness (QED) is 0.837. The average Bonchev–Trinajstić information content (AvgIpc) is 2.20. The predicted molar refractivity (Wildman–Crippen MR) is 72.5 cm³/mol. The lowest BCUT2D eigenvalue weighted by atomic mass is 10.1. The van der Waals surface area contributed by atoms with Gasteiger partial charge in [0.1, 0.15) is 0 Å². The minimum atomic E-state index is -3.51. The maximum atomic E-state index is 12.1. The predicted octanol–water partition coefficient (Wildman–Crippen LogP) is 1.21. The summed E-state index contributed by atoms with van der Waals surface area (Å²) >= 11 is 4.71. The van der Waals surface area contributed by atoms with Crippen LogP contribution in [0.1, 0.15) is 11.1 Å². The van der Waals surface area contributed by atoms with E-state index in [1.807, 2.05) is 13.8 Å². The Balaban J connectivity index is 3.13. The van der Waals surface area contributed by atoms with E-state index in [9.17, 15) is 8.42 Å². The minimum absolute atomic E-state index is 0.0462. The molecule has 0 amide bonds. The molecule has 0 heterocycles. The molecule has 0 radical (unpaired) electrons. The first-order valence-electron chi connectivity index (χ1n) is 5.07. The van der Waals surface area contributed by atoms with Gasteiger partial charge >= 0.3 is 0 Å². The van der Waals surface area contributed by atoms with Crippen molar-refractivity contribution in [1.82, 2.24) is 4.31 Å². The van der Waals surface area contributed by atoms with E-state index in [1.165, 1.54) is 7.05 Å². The van der Waals surface area contributed by atoms with Crippen molar-refractivity contribution in [1.29, 1.82) is 0 Å². The van der Waals surface area contributed by atoms with Gasteiger partial charge in [0.15, 0.2) is 0 Å². The second kappa shape index (κ2) is 5.12. The summed E-state index contributed by atoms with van der Waals surface area (Å²) in [5.41, 5.74) is 7.34. The van der Waals surface area contributed by atoms with Gasteiger partial charge in [0.2, 0.25) is 10.0 Å². The molecule has 17 heavy (non-hydrogen) atoms. The van der Waals surface area contributed by atoms with Crippen molar-refractivity contribution in [3.05, 3.63) is 29.3 Å². The molecule has 0 fully saturated rings. The molecule has 0 bridgehead atoms. The van der Waals surface area contributed by atoms with E-state index in [4.69, 9.17) is 18.0 Å². The number of hydrogen-bond acceptors (Lipinski definition) is 3. The zero-order chi connectivity index (χ0) is 13.2. The highest BCUT2D eigenvalue weighted by Gasteiger charge is 2.21. The van der Waals surface area contributed by atoms with Crippen LogP contribution in [0, 0.1) is 13.8 Å². The average molecular weight is 272 g/mol. The summed E-state index contributed by atoms with van der Waals surface area (Å²) < 4.78 is 25.4. The van der Waals surface area contributed by atoms with Crippen molar-refractivity contribution in [3.63, 3.8) is 0 Å². The lowest BCUT2D eigenvalue weighted by molar-refractivity contribution is 0.506. The Kier molecular flexibility index (Phi) is 4.24. The zero-order valence-corrected chi connectivity index (χ0v) is 11.7. The molecule has 1 rings (SSSR count). The van der Waals surface area contributed by atoms with E-state index < -0.39 is 10.0 Å².